The van der Waals surface area contributed by atoms with Gasteiger partial charge in [0, 0.05) is 24.7 Å². The molecule has 8 nitrogen and oxygen atoms in total. The number of nitrogens with one attached hydrogen (secondary N) is 1. The van der Waals surface area contributed by atoms with Gasteiger partial charge in [0.05, 0.1) is 23.7 Å². The summed E-state index contributed by atoms with van der Waals surface area (Å²) in [7, 11) is -3.62. The lowest BCUT2D eigenvalue weighted by Gasteiger charge is -2.25. The fourth-order valence-electron chi connectivity index (χ4n) is 3.51. The van der Waals surface area contributed by atoms with Crippen LogP contribution in [0.2, 0.25) is 0 Å². The molecule has 152 valence electrons. The van der Waals surface area contributed by atoms with E-state index in [1.807, 2.05) is 26.0 Å². The molecule has 2 atom stereocenters. The summed E-state index contributed by atoms with van der Waals surface area (Å²) in [5, 5.41) is 17.4. The predicted molar refractivity (Wildman–Crippen MR) is 106 cm³/mol. The highest BCUT2D eigenvalue weighted by atomic mass is 32.2. The molecule has 0 bridgehead atoms. The van der Waals surface area contributed by atoms with Gasteiger partial charge >= 0.3 is 0 Å². The Morgan fingerprint density at radius 1 is 1.32 bits per heavy atom. The zero-order chi connectivity index (χ0) is 20.5. The van der Waals surface area contributed by atoms with Crippen LogP contribution in [-0.2, 0) is 21.2 Å². The van der Waals surface area contributed by atoms with Gasteiger partial charge in [-0.25, -0.2) is 8.42 Å². The van der Waals surface area contributed by atoms with Crippen LogP contribution in [0.25, 0.3) is 0 Å². The summed E-state index contributed by atoms with van der Waals surface area (Å²) >= 11 is 0. The van der Waals surface area contributed by atoms with Gasteiger partial charge in [-0.2, -0.15) is 5.10 Å². The van der Waals surface area contributed by atoms with E-state index in [0.29, 0.717) is 18.7 Å². The van der Waals surface area contributed by atoms with Crippen LogP contribution in [0, 0.1) is 19.8 Å². The highest BCUT2D eigenvalue weighted by Crippen LogP contribution is 2.23. The lowest BCUT2D eigenvalue weighted by atomic mass is 10.0. The van der Waals surface area contributed by atoms with Crippen molar-refractivity contribution in [3.8, 4) is 0 Å². The Balaban J connectivity index is 1.70. The van der Waals surface area contributed by atoms with Crippen molar-refractivity contribution in [2.24, 2.45) is 5.92 Å². The number of likely N-dealkylation sites (tertiary alicyclic amines) is 1. The van der Waals surface area contributed by atoms with Gasteiger partial charge in [0.15, 0.2) is 0 Å². The van der Waals surface area contributed by atoms with E-state index in [1.54, 1.807) is 18.2 Å². The molecular weight excluding hydrogens is 380 g/mol. The van der Waals surface area contributed by atoms with Gasteiger partial charge in [-0.1, -0.05) is 12.1 Å². The van der Waals surface area contributed by atoms with Gasteiger partial charge in [-0.05, 0) is 44.0 Å². The number of benzene rings is 1. The lowest BCUT2D eigenvalue weighted by Crippen LogP contribution is -2.42. The second-order valence-electron chi connectivity index (χ2n) is 7.48. The zero-order valence-electron chi connectivity index (χ0n) is 16.3. The average molecular weight is 407 g/mol. The van der Waals surface area contributed by atoms with Crippen LogP contribution in [0.5, 0.6) is 0 Å². The van der Waals surface area contributed by atoms with E-state index in [2.05, 4.69) is 10.2 Å². The molecule has 1 fully saturated rings. The highest BCUT2D eigenvalue weighted by molar-refractivity contribution is 7.92. The second kappa shape index (κ2) is 7.92. The van der Waals surface area contributed by atoms with Gasteiger partial charge < -0.3 is 10.0 Å². The van der Waals surface area contributed by atoms with Gasteiger partial charge in [-0.3, -0.25) is 14.2 Å². The third-order valence-electron chi connectivity index (χ3n) is 4.96. The van der Waals surface area contributed by atoms with E-state index in [9.17, 15) is 18.3 Å². The number of aromatic amines is 1. The maximum absolute atomic E-state index is 12.8. The summed E-state index contributed by atoms with van der Waals surface area (Å²) in [6, 6.07) is 8.94. The van der Waals surface area contributed by atoms with E-state index in [1.165, 1.54) is 4.90 Å². The lowest BCUT2D eigenvalue weighted by molar-refractivity contribution is -0.128. The molecule has 0 unspecified atom stereocenters. The second-order valence-corrected chi connectivity index (χ2v) is 9.39. The molecule has 2 aromatic rings. The molecular formula is C19H26N4O4S. The highest BCUT2D eigenvalue weighted by Gasteiger charge is 2.35. The molecule has 1 aliphatic rings. The van der Waals surface area contributed by atoms with Crippen molar-refractivity contribution in [3.05, 3.63) is 47.3 Å². The number of anilines is 1. The van der Waals surface area contributed by atoms with E-state index >= 15 is 0 Å². The number of sulfonamides is 1. The topological polar surface area (TPSA) is 107 Å². The Hall–Kier alpha value is -2.39. The quantitative estimate of drug-likeness (QED) is 0.740. The normalized spacial score (nSPS) is 19.8. The average Bonchev–Trinajstić information content (AvgIpc) is 3.17. The molecule has 0 aliphatic carbocycles. The Morgan fingerprint density at radius 3 is 2.68 bits per heavy atom. The van der Waals surface area contributed by atoms with Crippen molar-refractivity contribution in [3.63, 3.8) is 0 Å². The van der Waals surface area contributed by atoms with Crippen molar-refractivity contribution in [2.45, 2.75) is 26.4 Å². The van der Waals surface area contributed by atoms with Gasteiger partial charge in [-0.15, -0.1) is 0 Å². The molecule has 28 heavy (non-hydrogen) atoms. The van der Waals surface area contributed by atoms with Crippen molar-refractivity contribution >= 4 is 21.6 Å². The first-order chi connectivity index (χ1) is 13.1. The number of hydrogen-bond donors (Lipinski definition) is 2. The minimum atomic E-state index is -3.62. The number of amides is 1. The van der Waals surface area contributed by atoms with Crippen LogP contribution >= 0.6 is 0 Å². The smallest absolute Gasteiger partial charge is 0.243 e. The van der Waals surface area contributed by atoms with Crippen LogP contribution in [-0.4, -0.2) is 66.5 Å². The van der Waals surface area contributed by atoms with Crippen molar-refractivity contribution in [1.29, 1.82) is 0 Å². The van der Waals surface area contributed by atoms with Crippen molar-refractivity contribution in [1.82, 2.24) is 15.1 Å². The number of hydrogen-bond acceptors (Lipinski definition) is 5. The van der Waals surface area contributed by atoms with Crippen LogP contribution in [0.3, 0.4) is 0 Å². The number of rotatable bonds is 6. The van der Waals surface area contributed by atoms with Gasteiger partial charge in [0.25, 0.3) is 0 Å². The number of carbonyl (C=O) groups excluding carboxylic acids is 1. The molecule has 1 aromatic carbocycles. The predicted octanol–water partition coefficient (Wildman–Crippen LogP) is 0.855. The third-order valence-corrected chi connectivity index (χ3v) is 6.10. The first-order valence-corrected chi connectivity index (χ1v) is 11.0. The number of β-amino-alcohol motifs (C(OH)–C–C–N with tert-alkyl or cyclic N) is 1. The molecule has 1 saturated heterocycles. The minimum Gasteiger partial charge on any atom is -0.391 e. The Morgan fingerprint density at radius 2 is 2.07 bits per heavy atom. The molecule has 2 heterocycles. The number of carbonyl (C=O) groups is 1. The minimum absolute atomic E-state index is 0.127. The summed E-state index contributed by atoms with van der Waals surface area (Å²) in [5.74, 6) is -0.455. The zero-order valence-corrected chi connectivity index (χ0v) is 17.1. The maximum atomic E-state index is 12.8. The van der Waals surface area contributed by atoms with Crippen LogP contribution in [0.1, 0.15) is 17.0 Å². The molecule has 1 aromatic heterocycles. The number of H-pyrrole nitrogens is 1. The summed E-state index contributed by atoms with van der Waals surface area (Å²) < 4.78 is 25.6. The summed E-state index contributed by atoms with van der Waals surface area (Å²) in [6.45, 7) is 4.05. The molecule has 1 aliphatic heterocycles. The molecule has 2 N–H and O–H groups in total. The molecule has 3 rings (SSSR count). The monoisotopic (exact) mass is 406 g/mol. The van der Waals surface area contributed by atoms with Gasteiger partial charge in [0.1, 0.15) is 6.54 Å². The largest absolute Gasteiger partial charge is 0.391 e. The number of aliphatic hydroxyl groups excluding tert-OH is 1. The van der Waals surface area contributed by atoms with Crippen molar-refractivity contribution < 1.29 is 18.3 Å². The molecule has 0 spiro atoms. The van der Waals surface area contributed by atoms with Crippen LogP contribution < -0.4 is 4.31 Å². The molecule has 0 radical (unpaired) electrons. The first kappa shape index (κ1) is 20.3. The number of nitrogens with zero attached hydrogens (tertiary/aromatic N) is 3. The van der Waals surface area contributed by atoms with E-state index in [0.717, 1.165) is 27.5 Å². The maximum Gasteiger partial charge on any atom is 0.243 e. The first-order valence-electron chi connectivity index (χ1n) is 9.14. The van der Waals surface area contributed by atoms with E-state index in [-0.39, 0.29) is 24.9 Å². The standard InChI is InChI=1S/C19H26N4O4S/c1-13-5-4-6-17(7-13)23(28(3,26)27)12-19(25)22-10-15(18(24)11-22)9-16-8-14(2)20-21-16/h4-8,15,18,24H,9-12H2,1-3H3,(H,20,21)/t15-,18+/m1/s1. The fraction of sp³-hybridized carbons (Fsp3) is 0.474. The third kappa shape index (κ3) is 4.71. The van der Waals surface area contributed by atoms with Crippen LogP contribution in [0.15, 0.2) is 30.3 Å². The van der Waals surface area contributed by atoms with Crippen molar-refractivity contribution in [2.75, 3.05) is 30.2 Å². The Labute approximate surface area is 165 Å². The molecule has 1 amide bonds. The fourth-order valence-corrected chi connectivity index (χ4v) is 4.35. The van der Waals surface area contributed by atoms with E-state index in [4.69, 9.17) is 0 Å². The Bertz CT molecular complexity index is 956. The Kier molecular flexibility index (Phi) is 5.76. The summed E-state index contributed by atoms with van der Waals surface area (Å²) in [4.78, 5) is 14.3. The SMILES string of the molecule is Cc1cccc(N(CC(=O)N2C[C@@H](Cc3cc(C)[nH]n3)[C@@H](O)C2)S(C)(=O)=O)c1. The number of aromatic nitrogens is 2. The van der Waals surface area contributed by atoms with Gasteiger partial charge in [0.2, 0.25) is 15.9 Å². The molecule has 0 saturated carbocycles. The molecule has 9 heteroatoms. The summed E-state index contributed by atoms with van der Waals surface area (Å²) in [5.41, 5.74) is 3.15. The summed E-state index contributed by atoms with van der Waals surface area (Å²) in [6.07, 6.45) is 0.985. The van der Waals surface area contributed by atoms with E-state index < -0.39 is 16.1 Å². The number of aliphatic hydroxyl groups is 1. The number of aryl methyl sites for hydroxylation is 2. The van der Waals surface area contributed by atoms with Crippen LogP contribution in [0.4, 0.5) is 5.69 Å².